The Kier molecular flexibility index (Phi) is 3.45. The number of amides is 2. The molecule has 0 atom stereocenters. The first-order valence-corrected chi connectivity index (χ1v) is 5.72. The van der Waals surface area contributed by atoms with Crippen molar-refractivity contribution in [3.05, 3.63) is 12.2 Å². The molecule has 0 bridgehead atoms. The quantitative estimate of drug-likeness (QED) is 0.545. The molecule has 8 nitrogen and oxygen atoms in total. The molecule has 0 radical (unpaired) electrons. The van der Waals surface area contributed by atoms with E-state index in [2.05, 4.69) is 25.8 Å². The number of nitrogens with zero attached hydrogens (tertiary/aromatic N) is 2. The van der Waals surface area contributed by atoms with Gasteiger partial charge in [0.1, 0.15) is 12.2 Å². The van der Waals surface area contributed by atoms with E-state index in [1.807, 2.05) is 0 Å². The number of carbonyl (C=O) groups excluding carboxylic acids is 1. The van der Waals surface area contributed by atoms with Gasteiger partial charge in [0, 0.05) is 19.5 Å². The standard InChI is InChI=1S/C10H15N5O3/c16-8(17)10(2-3-10)5-12-9(18)11-4-1-7-13-6-14-15-7/h6H,1-5H2,(H,16,17)(H2,11,12,18)(H,13,14,15). The van der Waals surface area contributed by atoms with Gasteiger partial charge in [0.15, 0.2) is 0 Å². The molecule has 8 heteroatoms. The summed E-state index contributed by atoms with van der Waals surface area (Å²) in [5.41, 5.74) is -0.734. The summed E-state index contributed by atoms with van der Waals surface area (Å²) in [6.07, 6.45) is 3.21. The minimum atomic E-state index is -0.843. The molecule has 1 aliphatic carbocycles. The van der Waals surface area contributed by atoms with Gasteiger partial charge >= 0.3 is 12.0 Å². The lowest BCUT2D eigenvalue weighted by Gasteiger charge is -2.11. The zero-order valence-electron chi connectivity index (χ0n) is 9.77. The smallest absolute Gasteiger partial charge is 0.314 e. The van der Waals surface area contributed by atoms with Gasteiger partial charge in [0.05, 0.1) is 5.41 Å². The van der Waals surface area contributed by atoms with Gasteiger partial charge in [0.25, 0.3) is 0 Å². The Labute approximate surface area is 103 Å². The summed E-state index contributed by atoms with van der Waals surface area (Å²) in [5.74, 6) is -0.149. The number of aromatic nitrogens is 3. The van der Waals surface area contributed by atoms with Crippen molar-refractivity contribution in [2.24, 2.45) is 5.41 Å². The highest BCUT2D eigenvalue weighted by Crippen LogP contribution is 2.45. The fraction of sp³-hybridized carbons (Fsp3) is 0.600. The predicted octanol–water partition coefficient (Wildman–Crippen LogP) is -0.489. The molecule has 1 fully saturated rings. The van der Waals surface area contributed by atoms with Crippen LogP contribution in [0.15, 0.2) is 6.33 Å². The number of nitrogens with one attached hydrogen (secondary N) is 3. The first kappa shape index (κ1) is 12.3. The highest BCUT2D eigenvalue weighted by Gasteiger charge is 2.50. The summed E-state index contributed by atoms with van der Waals surface area (Å²) < 4.78 is 0. The number of H-pyrrole nitrogens is 1. The normalized spacial score (nSPS) is 16.0. The van der Waals surface area contributed by atoms with Crippen LogP contribution >= 0.6 is 0 Å². The van der Waals surface area contributed by atoms with Gasteiger partial charge in [-0.3, -0.25) is 9.89 Å². The van der Waals surface area contributed by atoms with Crippen LogP contribution in [0.2, 0.25) is 0 Å². The lowest BCUT2D eigenvalue weighted by molar-refractivity contribution is -0.143. The van der Waals surface area contributed by atoms with Crippen molar-refractivity contribution in [1.29, 1.82) is 0 Å². The van der Waals surface area contributed by atoms with Crippen LogP contribution in [-0.4, -0.2) is 45.4 Å². The lowest BCUT2D eigenvalue weighted by atomic mass is 10.1. The second-order valence-electron chi connectivity index (χ2n) is 4.38. The van der Waals surface area contributed by atoms with Crippen molar-refractivity contribution < 1.29 is 14.7 Å². The van der Waals surface area contributed by atoms with Crippen LogP contribution in [0.1, 0.15) is 18.7 Å². The molecule has 2 amide bonds. The molecule has 0 unspecified atom stereocenters. The van der Waals surface area contributed by atoms with Crippen molar-refractivity contribution in [2.45, 2.75) is 19.3 Å². The molecule has 0 saturated heterocycles. The summed E-state index contributed by atoms with van der Waals surface area (Å²) in [6, 6.07) is -0.359. The first-order valence-electron chi connectivity index (χ1n) is 5.72. The molecule has 1 aromatic rings. The number of hydrogen-bond acceptors (Lipinski definition) is 4. The monoisotopic (exact) mass is 253 g/mol. The molecular weight excluding hydrogens is 238 g/mol. The number of carboxylic acids is 1. The second kappa shape index (κ2) is 5.03. The van der Waals surface area contributed by atoms with Gasteiger partial charge in [-0.15, -0.1) is 0 Å². The van der Waals surface area contributed by atoms with Crippen molar-refractivity contribution in [1.82, 2.24) is 25.8 Å². The summed E-state index contributed by atoms with van der Waals surface area (Å²) in [4.78, 5) is 26.2. The zero-order valence-corrected chi connectivity index (χ0v) is 9.77. The molecule has 1 saturated carbocycles. The maximum Gasteiger partial charge on any atom is 0.314 e. The largest absolute Gasteiger partial charge is 0.481 e. The van der Waals surface area contributed by atoms with Gasteiger partial charge in [0.2, 0.25) is 0 Å². The summed E-state index contributed by atoms with van der Waals surface area (Å²) in [6.45, 7) is 0.595. The Hall–Kier alpha value is -2.12. The van der Waals surface area contributed by atoms with Crippen LogP contribution in [0.3, 0.4) is 0 Å². The van der Waals surface area contributed by atoms with Crippen molar-refractivity contribution in [3.8, 4) is 0 Å². The van der Waals surface area contributed by atoms with Crippen molar-refractivity contribution in [3.63, 3.8) is 0 Å². The van der Waals surface area contributed by atoms with E-state index in [1.54, 1.807) is 0 Å². The topological polar surface area (TPSA) is 120 Å². The summed E-state index contributed by atoms with van der Waals surface area (Å²) in [5, 5.41) is 20.5. The molecule has 0 spiro atoms. The fourth-order valence-electron chi connectivity index (χ4n) is 1.57. The van der Waals surface area contributed by atoms with Crippen LogP contribution in [-0.2, 0) is 11.2 Å². The van der Waals surface area contributed by atoms with E-state index >= 15 is 0 Å². The van der Waals surface area contributed by atoms with E-state index in [4.69, 9.17) is 5.11 Å². The van der Waals surface area contributed by atoms with Gasteiger partial charge in [-0.25, -0.2) is 9.78 Å². The van der Waals surface area contributed by atoms with Crippen LogP contribution < -0.4 is 10.6 Å². The Morgan fingerprint density at radius 2 is 2.22 bits per heavy atom. The Bertz CT molecular complexity index is 427. The third-order valence-electron chi connectivity index (χ3n) is 3.01. The highest BCUT2D eigenvalue weighted by molar-refractivity contribution is 5.80. The van der Waals surface area contributed by atoms with E-state index in [0.29, 0.717) is 31.6 Å². The molecule has 0 aromatic carbocycles. The molecule has 1 aromatic heterocycles. The van der Waals surface area contributed by atoms with Gasteiger partial charge in [-0.2, -0.15) is 5.10 Å². The van der Waals surface area contributed by atoms with E-state index in [9.17, 15) is 9.59 Å². The molecule has 0 aliphatic heterocycles. The Balaban J connectivity index is 1.62. The number of urea groups is 1. The molecule has 2 rings (SSSR count). The highest BCUT2D eigenvalue weighted by atomic mass is 16.4. The first-order chi connectivity index (χ1) is 8.62. The number of hydrogen-bond donors (Lipinski definition) is 4. The third kappa shape index (κ3) is 2.96. The van der Waals surface area contributed by atoms with Crippen LogP contribution in [0.5, 0.6) is 0 Å². The predicted molar refractivity (Wildman–Crippen MR) is 60.8 cm³/mol. The number of carbonyl (C=O) groups is 2. The Morgan fingerprint density at radius 1 is 1.44 bits per heavy atom. The average molecular weight is 253 g/mol. The van der Waals surface area contributed by atoms with Crippen molar-refractivity contribution >= 4 is 12.0 Å². The van der Waals surface area contributed by atoms with Crippen LogP contribution in [0.25, 0.3) is 0 Å². The number of aliphatic carboxylic acids is 1. The number of aromatic amines is 1. The van der Waals surface area contributed by atoms with E-state index < -0.39 is 11.4 Å². The van der Waals surface area contributed by atoms with Gasteiger partial charge in [-0.1, -0.05) is 0 Å². The van der Waals surface area contributed by atoms with Crippen molar-refractivity contribution in [2.75, 3.05) is 13.1 Å². The molecule has 18 heavy (non-hydrogen) atoms. The molecule has 1 heterocycles. The average Bonchev–Trinajstić information content (AvgIpc) is 2.97. The minimum absolute atomic E-state index is 0.177. The van der Waals surface area contributed by atoms with E-state index in [-0.39, 0.29) is 12.6 Å². The third-order valence-corrected chi connectivity index (χ3v) is 3.01. The maximum atomic E-state index is 11.4. The summed E-state index contributed by atoms with van der Waals surface area (Å²) >= 11 is 0. The van der Waals surface area contributed by atoms with E-state index in [0.717, 1.165) is 0 Å². The van der Waals surface area contributed by atoms with Crippen LogP contribution in [0, 0.1) is 5.41 Å². The lowest BCUT2D eigenvalue weighted by Crippen LogP contribution is -2.41. The SMILES string of the molecule is O=C(NCCc1ncn[nH]1)NCC1(C(=O)O)CC1. The number of rotatable bonds is 6. The van der Waals surface area contributed by atoms with Crippen LogP contribution in [0.4, 0.5) is 4.79 Å². The molecule has 98 valence electrons. The fourth-order valence-corrected chi connectivity index (χ4v) is 1.57. The molecule has 1 aliphatic rings. The Morgan fingerprint density at radius 3 is 2.78 bits per heavy atom. The number of carboxylic acid groups (broad SMARTS) is 1. The maximum absolute atomic E-state index is 11.4. The molecular formula is C10H15N5O3. The molecule has 4 N–H and O–H groups in total. The summed E-state index contributed by atoms with van der Waals surface area (Å²) in [7, 11) is 0. The second-order valence-corrected chi connectivity index (χ2v) is 4.38. The van der Waals surface area contributed by atoms with Gasteiger partial charge in [-0.05, 0) is 12.8 Å². The van der Waals surface area contributed by atoms with Gasteiger partial charge < -0.3 is 15.7 Å². The van der Waals surface area contributed by atoms with E-state index in [1.165, 1.54) is 6.33 Å². The zero-order chi connectivity index (χ0) is 13.0. The minimum Gasteiger partial charge on any atom is -0.481 e.